The normalized spacial score (nSPS) is 16.9. The summed E-state index contributed by atoms with van der Waals surface area (Å²) in [6, 6.07) is 13.1. The first-order valence-corrected chi connectivity index (χ1v) is 8.37. The fraction of sp³-hybridized carbons (Fsp3) is 0.111. The number of hydrogen-bond acceptors (Lipinski definition) is 3. The first-order chi connectivity index (χ1) is 12.0. The van der Waals surface area contributed by atoms with Gasteiger partial charge in [0.1, 0.15) is 5.75 Å². The largest absolute Gasteiger partial charge is 0.508 e. The Balaban J connectivity index is 1.96. The molecule has 1 unspecified atom stereocenters. The third kappa shape index (κ3) is 3.75. The van der Waals surface area contributed by atoms with Gasteiger partial charge in [0.05, 0.1) is 11.6 Å². The molecule has 0 saturated carbocycles. The molecule has 1 heterocycles. The standard InChI is InChI=1S/C18H16ClN3O2S/c1-10-15(17(24)21-12-8-6-11(19)7-9-12)16(22-18(25)20-10)13-4-2-3-5-14(13)23/h2-9,16,23H,1H3,(H,21,24)(H2,20,22,25). The summed E-state index contributed by atoms with van der Waals surface area (Å²) in [7, 11) is 0. The lowest BCUT2D eigenvalue weighted by atomic mass is 9.94. The summed E-state index contributed by atoms with van der Waals surface area (Å²) in [5.41, 5.74) is 2.28. The van der Waals surface area contributed by atoms with Gasteiger partial charge in [-0.15, -0.1) is 0 Å². The summed E-state index contributed by atoms with van der Waals surface area (Å²) in [6.07, 6.45) is 0. The van der Waals surface area contributed by atoms with Gasteiger partial charge in [-0.05, 0) is 49.5 Å². The molecule has 0 fully saturated rings. The first-order valence-electron chi connectivity index (χ1n) is 7.59. The molecule has 0 aliphatic carbocycles. The predicted molar refractivity (Wildman–Crippen MR) is 102 cm³/mol. The lowest BCUT2D eigenvalue weighted by Gasteiger charge is -2.30. The molecule has 5 nitrogen and oxygen atoms in total. The van der Waals surface area contributed by atoms with E-state index in [1.54, 1.807) is 55.5 Å². The number of rotatable bonds is 3. The van der Waals surface area contributed by atoms with Crippen LogP contribution in [0.15, 0.2) is 59.8 Å². The molecule has 25 heavy (non-hydrogen) atoms. The molecular weight excluding hydrogens is 358 g/mol. The Kier molecular flexibility index (Phi) is 4.92. The van der Waals surface area contributed by atoms with Crippen LogP contribution in [0.3, 0.4) is 0 Å². The van der Waals surface area contributed by atoms with Crippen molar-refractivity contribution in [1.82, 2.24) is 10.6 Å². The highest BCUT2D eigenvalue weighted by molar-refractivity contribution is 7.80. The van der Waals surface area contributed by atoms with Gasteiger partial charge in [-0.2, -0.15) is 0 Å². The third-order valence-electron chi connectivity index (χ3n) is 3.86. The molecule has 7 heteroatoms. The second kappa shape index (κ2) is 7.13. The van der Waals surface area contributed by atoms with Gasteiger partial charge in [0.25, 0.3) is 5.91 Å². The van der Waals surface area contributed by atoms with Gasteiger partial charge in [0, 0.05) is 22.0 Å². The van der Waals surface area contributed by atoms with E-state index in [1.165, 1.54) is 0 Å². The molecule has 4 N–H and O–H groups in total. The van der Waals surface area contributed by atoms with Crippen LogP contribution in [0.2, 0.25) is 5.02 Å². The highest BCUT2D eigenvalue weighted by atomic mass is 35.5. The van der Waals surface area contributed by atoms with Gasteiger partial charge in [-0.25, -0.2) is 0 Å². The number of halogens is 1. The number of carbonyl (C=O) groups is 1. The van der Waals surface area contributed by atoms with E-state index >= 15 is 0 Å². The van der Waals surface area contributed by atoms with Crippen molar-refractivity contribution < 1.29 is 9.90 Å². The maximum Gasteiger partial charge on any atom is 0.255 e. The van der Waals surface area contributed by atoms with Gasteiger partial charge in [0.2, 0.25) is 0 Å². The van der Waals surface area contributed by atoms with Gasteiger partial charge in [-0.1, -0.05) is 29.8 Å². The highest BCUT2D eigenvalue weighted by Gasteiger charge is 2.31. The summed E-state index contributed by atoms with van der Waals surface area (Å²) >= 11 is 11.1. The number of amides is 1. The van der Waals surface area contributed by atoms with Crippen molar-refractivity contribution in [2.75, 3.05) is 5.32 Å². The predicted octanol–water partition coefficient (Wildman–Crippen LogP) is 3.48. The minimum atomic E-state index is -0.553. The molecule has 1 aliphatic rings. The number of allylic oxidation sites excluding steroid dienone is 1. The number of thiocarbonyl (C=S) groups is 1. The average Bonchev–Trinajstić information content (AvgIpc) is 2.56. The van der Waals surface area contributed by atoms with E-state index in [0.29, 0.717) is 32.7 Å². The molecule has 1 aliphatic heterocycles. The molecule has 0 radical (unpaired) electrons. The van der Waals surface area contributed by atoms with Crippen LogP contribution in [0.5, 0.6) is 5.75 Å². The van der Waals surface area contributed by atoms with Crippen molar-refractivity contribution in [2.24, 2.45) is 0 Å². The van der Waals surface area contributed by atoms with Crippen LogP contribution < -0.4 is 16.0 Å². The van der Waals surface area contributed by atoms with E-state index in [9.17, 15) is 9.90 Å². The lowest BCUT2D eigenvalue weighted by molar-refractivity contribution is -0.113. The van der Waals surface area contributed by atoms with Crippen molar-refractivity contribution in [3.8, 4) is 5.75 Å². The number of phenolic OH excluding ortho intramolecular Hbond substituents is 1. The Bertz CT molecular complexity index is 865. The zero-order chi connectivity index (χ0) is 18.0. The zero-order valence-electron chi connectivity index (χ0n) is 13.3. The fourth-order valence-electron chi connectivity index (χ4n) is 2.69. The quantitative estimate of drug-likeness (QED) is 0.620. The number of hydrogen-bond donors (Lipinski definition) is 4. The first kappa shape index (κ1) is 17.3. The minimum absolute atomic E-state index is 0.0919. The minimum Gasteiger partial charge on any atom is -0.508 e. The summed E-state index contributed by atoms with van der Waals surface area (Å²) in [5, 5.41) is 20.0. The van der Waals surface area contributed by atoms with Crippen LogP contribution in [0, 0.1) is 0 Å². The second-order valence-electron chi connectivity index (χ2n) is 5.59. The molecule has 128 valence electrons. The smallest absolute Gasteiger partial charge is 0.255 e. The Hall–Kier alpha value is -2.57. The Morgan fingerprint density at radius 3 is 2.56 bits per heavy atom. The summed E-state index contributed by atoms with van der Waals surface area (Å²) in [4.78, 5) is 12.9. The van der Waals surface area contributed by atoms with E-state index in [2.05, 4.69) is 16.0 Å². The second-order valence-corrected chi connectivity index (χ2v) is 6.43. The topological polar surface area (TPSA) is 73.4 Å². The van der Waals surface area contributed by atoms with Crippen molar-refractivity contribution in [3.63, 3.8) is 0 Å². The van der Waals surface area contributed by atoms with Crippen LogP contribution in [0.4, 0.5) is 5.69 Å². The average molecular weight is 374 g/mol. The zero-order valence-corrected chi connectivity index (χ0v) is 14.9. The maximum absolute atomic E-state index is 12.9. The molecule has 1 atom stereocenters. The fourth-order valence-corrected chi connectivity index (χ4v) is 3.09. The summed E-state index contributed by atoms with van der Waals surface area (Å²) < 4.78 is 0. The molecule has 2 aromatic rings. The van der Waals surface area contributed by atoms with E-state index < -0.39 is 6.04 Å². The van der Waals surface area contributed by atoms with E-state index in [4.69, 9.17) is 23.8 Å². The van der Waals surface area contributed by atoms with Gasteiger partial charge in [-0.3, -0.25) is 4.79 Å². The number of anilines is 1. The van der Waals surface area contributed by atoms with Crippen molar-refractivity contribution in [1.29, 1.82) is 0 Å². The number of carbonyl (C=O) groups excluding carboxylic acids is 1. The van der Waals surface area contributed by atoms with E-state index in [-0.39, 0.29) is 11.7 Å². The van der Waals surface area contributed by atoms with Gasteiger partial charge in [0.15, 0.2) is 5.11 Å². The molecule has 0 aromatic heterocycles. The number of para-hydroxylation sites is 1. The Morgan fingerprint density at radius 2 is 1.88 bits per heavy atom. The van der Waals surface area contributed by atoms with Gasteiger partial charge < -0.3 is 21.1 Å². The van der Waals surface area contributed by atoms with E-state index in [0.717, 1.165) is 0 Å². The van der Waals surface area contributed by atoms with Crippen LogP contribution in [0.25, 0.3) is 0 Å². The monoisotopic (exact) mass is 373 g/mol. The maximum atomic E-state index is 12.9. The molecular formula is C18H16ClN3O2S. The van der Waals surface area contributed by atoms with Crippen molar-refractivity contribution in [2.45, 2.75) is 13.0 Å². The van der Waals surface area contributed by atoms with Gasteiger partial charge >= 0.3 is 0 Å². The number of nitrogens with one attached hydrogen (secondary N) is 3. The number of phenols is 1. The highest BCUT2D eigenvalue weighted by Crippen LogP contribution is 2.32. The Morgan fingerprint density at radius 1 is 1.20 bits per heavy atom. The van der Waals surface area contributed by atoms with Crippen LogP contribution >= 0.6 is 23.8 Å². The molecule has 3 rings (SSSR count). The van der Waals surface area contributed by atoms with Crippen molar-refractivity contribution in [3.05, 3.63) is 70.4 Å². The number of aromatic hydroxyl groups is 1. The summed E-state index contributed by atoms with van der Waals surface area (Å²) in [5.74, 6) is -0.204. The van der Waals surface area contributed by atoms with E-state index in [1.807, 2.05) is 0 Å². The molecule has 2 aromatic carbocycles. The molecule has 0 spiro atoms. The summed E-state index contributed by atoms with van der Waals surface area (Å²) in [6.45, 7) is 1.77. The molecule has 0 bridgehead atoms. The SMILES string of the molecule is CC1=C(C(=O)Nc2ccc(Cl)cc2)C(c2ccccc2O)NC(=S)N1. The molecule has 0 saturated heterocycles. The Labute approximate surface area is 155 Å². The van der Waals surface area contributed by atoms with Crippen LogP contribution in [-0.2, 0) is 4.79 Å². The molecule has 1 amide bonds. The number of benzene rings is 2. The third-order valence-corrected chi connectivity index (χ3v) is 4.34. The van der Waals surface area contributed by atoms with Crippen molar-refractivity contribution >= 4 is 40.5 Å². The van der Waals surface area contributed by atoms with Crippen LogP contribution in [-0.4, -0.2) is 16.1 Å². The lowest BCUT2D eigenvalue weighted by Crippen LogP contribution is -2.45. The van der Waals surface area contributed by atoms with Crippen LogP contribution in [0.1, 0.15) is 18.5 Å².